The molecule has 0 amide bonds. The van der Waals surface area contributed by atoms with Crippen molar-refractivity contribution in [3.05, 3.63) is 68.7 Å². The van der Waals surface area contributed by atoms with Crippen molar-refractivity contribution >= 4 is 23.2 Å². The lowest BCUT2D eigenvalue weighted by molar-refractivity contribution is 0.177. The van der Waals surface area contributed by atoms with Crippen molar-refractivity contribution < 1.29 is 5.11 Å². The third-order valence-corrected chi connectivity index (χ3v) is 3.96. The molecule has 2 rings (SSSR count). The van der Waals surface area contributed by atoms with Crippen LogP contribution in [-0.2, 0) is 6.42 Å². The topological polar surface area (TPSA) is 20.2 Å². The molecule has 1 atom stereocenters. The molecule has 1 N–H and O–H groups in total. The molecule has 0 aliphatic rings. The van der Waals surface area contributed by atoms with E-state index in [-0.39, 0.29) is 0 Å². The van der Waals surface area contributed by atoms with Crippen LogP contribution in [0.15, 0.2) is 36.4 Å². The van der Waals surface area contributed by atoms with Gasteiger partial charge < -0.3 is 5.11 Å². The summed E-state index contributed by atoms with van der Waals surface area (Å²) in [5.74, 6) is 0. The number of aliphatic hydroxyl groups excluding tert-OH is 1. The van der Waals surface area contributed by atoms with Gasteiger partial charge in [-0.1, -0.05) is 53.0 Å². The Bertz CT molecular complexity index is 573. The van der Waals surface area contributed by atoms with E-state index in [2.05, 4.69) is 0 Å². The van der Waals surface area contributed by atoms with E-state index < -0.39 is 6.10 Å². The molecule has 1 nitrogen and oxygen atoms in total. The first-order valence-electron chi connectivity index (χ1n) is 6.17. The SMILES string of the molecule is Cc1ccc(C)c(C(O)Cc2c(Cl)cccc2Cl)c1. The average Bonchev–Trinajstić information content (AvgIpc) is 2.37. The van der Waals surface area contributed by atoms with Crippen LogP contribution in [0.4, 0.5) is 0 Å². The number of benzene rings is 2. The fourth-order valence-electron chi connectivity index (χ4n) is 2.15. The van der Waals surface area contributed by atoms with E-state index in [1.165, 1.54) is 0 Å². The molecule has 19 heavy (non-hydrogen) atoms. The Labute approximate surface area is 123 Å². The molecule has 2 aromatic rings. The summed E-state index contributed by atoms with van der Waals surface area (Å²) in [5, 5.41) is 11.6. The van der Waals surface area contributed by atoms with Gasteiger partial charge in [0.1, 0.15) is 0 Å². The molecule has 3 heteroatoms. The standard InChI is InChI=1S/C16H16Cl2O/c1-10-6-7-11(2)12(8-10)16(19)9-13-14(17)4-3-5-15(13)18/h3-8,16,19H,9H2,1-2H3. The van der Waals surface area contributed by atoms with E-state index in [1.54, 1.807) is 18.2 Å². The lowest BCUT2D eigenvalue weighted by Gasteiger charge is -2.16. The first kappa shape index (κ1) is 14.4. The first-order valence-corrected chi connectivity index (χ1v) is 6.92. The van der Waals surface area contributed by atoms with Gasteiger partial charge in [0, 0.05) is 16.5 Å². The molecule has 0 spiro atoms. The van der Waals surface area contributed by atoms with Crippen molar-refractivity contribution in [3.8, 4) is 0 Å². The lowest BCUT2D eigenvalue weighted by Crippen LogP contribution is -2.05. The zero-order chi connectivity index (χ0) is 14.0. The van der Waals surface area contributed by atoms with E-state index >= 15 is 0 Å². The molecule has 1 unspecified atom stereocenters. The van der Waals surface area contributed by atoms with E-state index in [9.17, 15) is 5.11 Å². The minimum Gasteiger partial charge on any atom is -0.388 e. The van der Waals surface area contributed by atoms with Crippen molar-refractivity contribution in [2.75, 3.05) is 0 Å². The third kappa shape index (κ3) is 3.30. The highest BCUT2D eigenvalue weighted by Crippen LogP contribution is 2.30. The highest BCUT2D eigenvalue weighted by molar-refractivity contribution is 6.36. The maximum atomic E-state index is 10.4. The second-order valence-corrected chi connectivity index (χ2v) is 5.59. The van der Waals surface area contributed by atoms with Gasteiger partial charge in [0.05, 0.1) is 6.10 Å². The molecular weight excluding hydrogens is 279 g/mol. The molecule has 0 fully saturated rings. The van der Waals surface area contributed by atoms with Gasteiger partial charge in [-0.05, 0) is 42.7 Å². The third-order valence-electron chi connectivity index (χ3n) is 3.25. The molecule has 0 saturated heterocycles. The van der Waals surface area contributed by atoms with Gasteiger partial charge in [-0.2, -0.15) is 0 Å². The summed E-state index contributed by atoms with van der Waals surface area (Å²) < 4.78 is 0. The lowest BCUT2D eigenvalue weighted by atomic mass is 9.96. The molecule has 0 aliphatic heterocycles. The highest BCUT2D eigenvalue weighted by atomic mass is 35.5. The fraction of sp³-hybridized carbons (Fsp3) is 0.250. The summed E-state index contributed by atoms with van der Waals surface area (Å²) >= 11 is 12.3. The number of hydrogen-bond donors (Lipinski definition) is 1. The summed E-state index contributed by atoms with van der Waals surface area (Å²) in [4.78, 5) is 0. The average molecular weight is 295 g/mol. The predicted octanol–water partition coefficient (Wildman–Crippen LogP) is 4.89. The van der Waals surface area contributed by atoms with Crippen LogP contribution >= 0.6 is 23.2 Å². The monoisotopic (exact) mass is 294 g/mol. The molecule has 0 heterocycles. The summed E-state index contributed by atoms with van der Waals surface area (Å²) in [7, 11) is 0. The number of aliphatic hydroxyl groups is 1. The fourth-order valence-corrected chi connectivity index (χ4v) is 2.70. The maximum absolute atomic E-state index is 10.4. The van der Waals surface area contributed by atoms with E-state index in [0.717, 1.165) is 22.3 Å². The summed E-state index contributed by atoms with van der Waals surface area (Å²) in [6.45, 7) is 4.00. The van der Waals surface area contributed by atoms with Gasteiger partial charge in [-0.25, -0.2) is 0 Å². The molecule has 0 radical (unpaired) electrons. The Hall–Kier alpha value is -1.02. The Morgan fingerprint density at radius 3 is 2.32 bits per heavy atom. The van der Waals surface area contributed by atoms with Crippen LogP contribution in [0, 0.1) is 13.8 Å². The van der Waals surface area contributed by atoms with Crippen molar-refractivity contribution in [1.82, 2.24) is 0 Å². The molecule has 0 bridgehead atoms. The Kier molecular flexibility index (Phi) is 4.51. The van der Waals surface area contributed by atoms with Crippen LogP contribution in [0.1, 0.15) is 28.4 Å². The zero-order valence-corrected chi connectivity index (χ0v) is 12.5. The second-order valence-electron chi connectivity index (χ2n) is 4.78. The Morgan fingerprint density at radius 1 is 1.05 bits per heavy atom. The van der Waals surface area contributed by atoms with Gasteiger partial charge in [0.2, 0.25) is 0 Å². The van der Waals surface area contributed by atoms with E-state index in [1.807, 2.05) is 32.0 Å². The van der Waals surface area contributed by atoms with Crippen LogP contribution in [0.25, 0.3) is 0 Å². The van der Waals surface area contributed by atoms with Crippen LogP contribution < -0.4 is 0 Å². The maximum Gasteiger partial charge on any atom is 0.0834 e. The molecule has 0 saturated carbocycles. The Morgan fingerprint density at radius 2 is 1.68 bits per heavy atom. The van der Waals surface area contributed by atoms with Gasteiger partial charge in [-0.3, -0.25) is 0 Å². The molecule has 2 aromatic carbocycles. The van der Waals surface area contributed by atoms with Crippen LogP contribution in [-0.4, -0.2) is 5.11 Å². The molecular formula is C16H16Cl2O. The first-order chi connectivity index (χ1) is 8.99. The summed E-state index contributed by atoms with van der Waals surface area (Å²) in [6, 6.07) is 11.4. The molecule has 100 valence electrons. The van der Waals surface area contributed by atoms with Crippen molar-refractivity contribution in [2.24, 2.45) is 0 Å². The van der Waals surface area contributed by atoms with Gasteiger partial charge in [0.25, 0.3) is 0 Å². The minimum absolute atomic E-state index is 0.419. The van der Waals surface area contributed by atoms with E-state index in [0.29, 0.717) is 16.5 Å². The van der Waals surface area contributed by atoms with E-state index in [4.69, 9.17) is 23.2 Å². The summed E-state index contributed by atoms with van der Waals surface area (Å²) in [6.07, 6.45) is -0.180. The second kappa shape index (κ2) is 5.96. The van der Waals surface area contributed by atoms with Gasteiger partial charge >= 0.3 is 0 Å². The van der Waals surface area contributed by atoms with Gasteiger partial charge in [-0.15, -0.1) is 0 Å². The minimum atomic E-state index is -0.600. The predicted molar refractivity (Wildman–Crippen MR) is 81.0 cm³/mol. The molecule has 0 aliphatic carbocycles. The zero-order valence-electron chi connectivity index (χ0n) is 11.0. The van der Waals surface area contributed by atoms with Crippen molar-refractivity contribution in [3.63, 3.8) is 0 Å². The normalized spacial score (nSPS) is 12.5. The van der Waals surface area contributed by atoms with Crippen molar-refractivity contribution in [1.29, 1.82) is 0 Å². The van der Waals surface area contributed by atoms with Crippen molar-refractivity contribution in [2.45, 2.75) is 26.4 Å². The quantitative estimate of drug-likeness (QED) is 0.855. The van der Waals surface area contributed by atoms with Crippen LogP contribution in [0.3, 0.4) is 0 Å². The number of rotatable bonds is 3. The number of halogens is 2. The number of hydrogen-bond acceptors (Lipinski definition) is 1. The number of aryl methyl sites for hydroxylation is 2. The van der Waals surface area contributed by atoms with Crippen LogP contribution in [0.2, 0.25) is 10.0 Å². The largest absolute Gasteiger partial charge is 0.388 e. The molecule has 0 aromatic heterocycles. The highest BCUT2D eigenvalue weighted by Gasteiger charge is 2.15. The van der Waals surface area contributed by atoms with Gasteiger partial charge in [0.15, 0.2) is 0 Å². The Balaban J connectivity index is 2.31. The smallest absolute Gasteiger partial charge is 0.0834 e. The van der Waals surface area contributed by atoms with Crippen LogP contribution in [0.5, 0.6) is 0 Å². The summed E-state index contributed by atoms with van der Waals surface area (Å²) in [5.41, 5.74) is 3.92.